The largest absolute Gasteiger partial charge is 0.359 e. The van der Waals surface area contributed by atoms with Crippen LogP contribution in [0.4, 0.5) is 5.69 Å². The predicted octanol–water partition coefficient (Wildman–Crippen LogP) is 5.11. The Morgan fingerprint density at radius 2 is 1.45 bits per heavy atom. The van der Waals surface area contributed by atoms with Gasteiger partial charge < -0.3 is 10.6 Å². The smallest absolute Gasteiger partial charge is 0.229 e. The molecule has 3 aromatic carbocycles. The Balaban J connectivity index is 1.71. The minimum absolute atomic E-state index is 0.123. The second-order valence-electron chi connectivity index (χ2n) is 9.11. The van der Waals surface area contributed by atoms with Gasteiger partial charge in [0.2, 0.25) is 10.0 Å². The van der Waals surface area contributed by atoms with Crippen LogP contribution in [0.3, 0.4) is 0 Å². The van der Waals surface area contributed by atoms with E-state index in [-0.39, 0.29) is 11.5 Å². The van der Waals surface area contributed by atoms with Crippen molar-refractivity contribution in [2.45, 2.75) is 38.8 Å². The summed E-state index contributed by atoms with van der Waals surface area (Å²) in [5.41, 5.74) is 5.12. The average Bonchev–Trinajstić information content (AvgIpc) is 2.76. The Bertz CT molecular complexity index is 1170. The molecule has 0 aliphatic rings. The van der Waals surface area contributed by atoms with Gasteiger partial charge in [-0.05, 0) is 52.0 Å². The van der Waals surface area contributed by atoms with Gasteiger partial charge >= 0.3 is 0 Å². The minimum atomic E-state index is -3.32. The van der Waals surface area contributed by atoms with Crippen LogP contribution in [0.5, 0.6) is 0 Å². The molecular weight excluding hydrogens is 450 g/mol. The fraction of sp³-hybridized carbons (Fsp3) is 0.269. The lowest BCUT2D eigenvalue weighted by atomic mass is 9.87. The second-order valence-corrected chi connectivity index (χ2v) is 11.3. The number of benzene rings is 3. The van der Waals surface area contributed by atoms with Crippen molar-refractivity contribution in [3.05, 3.63) is 101 Å². The van der Waals surface area contributed by atoms with Gasteiger partial charge in [0.1, 0.15) is 0 Å². The molecule has 174 valence electrons. The van der Waals surface area contributed by atoms with Crippen LogP contribution in [0.25, 0.3) is 0 Å². The van der Waals surface area contributed by atoms with Crippen molar-refractivity contribution in [3.8, 4) is 0 Å². The lowest BCUT2D eigenvalue weighted by Crippen LogP contribution is -2.37. The van der Waals surface area contributed by atoms with Crippen LogP contribution in [0.15, 0.2) is 78.9 Å². The maximum Gasteiger partial charge on any atom is 0.229 e. The summed E-state index contributed by atoms with van der Waals surface area (Å²) in [6.45, 7) is 7.22. The van der Waals surface area contributed by atoms with Gasteiger partial charge in [-0.15, -0.1) is 0 Å². The molecule has 0 bridgehead atoms. The van der Waals surface area contributed by atoms with Crippen LogP contribution in [0.2, 0.25) is 0 Å². The maximum absolute atomic E-state index is 11.5. The zero-order chi connectivity index (χ0) is 24.1. The van der Waals surface area contributed by atoms with Gasteiger partial charge in [-0.25, -0.2) is 8.42 Å². The van der Waals surface area contributed by atoms with Crippen molar-refractivity contribution in [1.29, 1.82) is 0 Å². The first kappa shape index (κ1) is 24.7. The van der Waals surface area contributed by atoms with Crippen LogP contribution in [0, 0.1) is 0 Å². The van der Waals surface area contributed by atoms with E-state index >= 15 is 0 Å². The molecule has 5 nitrogen and oxygen atoms in total. The summed E-state index contributed by atoms with van der Waals surface area (Å²) in [5, 5.41) is 7.25. The first-order valence-electron chi connectivity index (χ1n) is 10.8. The Kier molecular flexibility index (Phi) is 7.76. The van der Waals surface area contributed by atoms with Crippen molar-refractivity contribution in [1.82, 2.24) is 10.6 Å². The van der Waals surface area contributed by atoms with Crippen molar-refractivity contribution in [3.63, 3.8) is 0 Å². The highest BCUT2D eigenvalue weighted by molar-refractivity contribution is 7.92. The van der Waals surface area contributed by atoms with E-state index in [2.05, 4.69) is 60.4 Å². The molecule has 0 amide bonds. The van der Waals surface area contributed by atoms with Crippen LogP contribution in [-0.4, -0.2) is 19.8 Å². The van der Waals surface area contributed by atoms with Crippen molar-refractivity contribution in [2.24, 2.45) is 0 Å². The number of sulfonamides is 1. The first-order valence-corrected chi connectivity index (χ1v) is 13.1. The lowest BCUT2D eigenvalue weighted by Gasteiger charge is -2.23. The molecule has 0 aliphatic carbocycles. The highest BCUT2D eigenvalue weighted by atomic mass is 32.2. The molecule has 0 saturated carbocycles. The zero-order valence-corrected chi connectivity index (χ0v) is 21.1. The Labute approximate surface area is 202 Å². The normalized spacial score (nSPS) is 12.6. The molecule has 0 spiro atoms. The zero-order valence-electron chi connectivity index (χ0n) is 19.4. The number of hydrogen-bond acceptors (Lipinski definition) is 3. The molecule has 1 atom stereocenters. The van der Waals surface area contributed by atoms with E-state index in [0.29, 0.717) is 17.3 Å². The van der Waals surface area contributed by atoms with E-state index in [1.54, 1.807) is 12.1 Å². The summed E-state index contributed by atoms with van der Waals surface area (Å²) in [6, 6.07) is 25.7. The molecular formula is C26H31N3O2S2. The van der Waals surface area contributed by atoms with E-state index < -0.39 is 10.0 Å². The van der Waals surface area contributed by atoms with Crippen LogP contribution < -0.4 is 15.4 Å². The second kappa shape index (κ2) is 10.4. The van der Waals surface area contributed by atoms with E-state index in [4.69, 9.17) is 12.2 Å². The lowest BCUT2D eigenvalue weighted by molar-refractivity contribution is 0.590. The fourth-order valence-electron chi connectivity index (χ4n) is 3.45. The van der Waals surface area contributed by atoms with E-state index in [1.165, 1.54) is 5.56 Å². The average molecular weight is 482 g/mol. The van der Waals surface area contributed by atoms with Gasteiger partial charge in [0, 0.05) is 12.2 Å². The van der Waals surface area contributed by atoms with Crippen molar-refractivity contribution >= 4 is 33.0 Å². The third-order valence-corrected chi connectivity index (χ3v) is 6.10. The monoisotopic (exact) mass is 481 g/mol. The molecule has 3 rings (SSSR count). The van der Waals surface area contributed by atoms with Crippen molar-refractivity contribution in [2.75, 3.05) is 11.0 Å². The van der Waals surface area contributed by atoms with Gasteiger partial charge in [0.05, 0.1) is 12.3 Å². The summed E-state index contributed by atoms with van der Waals surface area (Å²) in [4.78, 5) is 0. The van der Waals surface area contributed by atoms with Crippen LogP contribution >= 0.6 is 12.2 Å². The molecule has 1 unspecified atom stereocenters. The Morgan fingerprint density at radius 3 is 2.00 bits per heavy atom. The summed E-state index contributed by atoms with van der Waals surface area (Å²) in [5.74, 6) is 0. The molecule has 0 heterocycles. The topological polar surface area (TPSA) is 70.2 Å². The molecule has 7 heteroatoms. The first-order chi connectivity index (χ1) is 15.5. The quantitative estimate of drug-likeness (QED) is 0.409. The standard InChI is InChI=1S/C26H31N3O2S2/c1-26(2,3)22-14-10-19(11-15-22)18-27-25(32)28-24(20-8-6-5-7-9-20)21-12-16-23(17-13-21)29-33(4,30)31/h5-17,24,29H,18H2,1-4H3,(H2,27,28,32). The van der Waals surface area contributed by atoms with Crippen LogP contribution in [0.1, 0.15) is 49.1 Å². The highest BCUT2D eigenvalue weighted by Gasteiger charge is 2.16. The van der Waals surface area contributed by atoms with E-state index in [0.717, 1.165) is 22.9 Å². The van der Waals surface area contributed by atoms with Gasteiger partial charge in [0.15, 0.2) is 5.11 Å². The molecule has 0 aliphatic heterocycles. The van der Waals surface area contributed by atoms with Crippen LogP contribution in [-0.2, 0) is 22.0 Å². The number of nitrogens with one attached hydrogen (secondary N) is 3. The fourth-order valence-corrected chi connectivity index (χ4v) is 4.20. The molecule has 0 aromatic heterocycles. The Hall–Kier alpha value is -2.90. The SMILES string of the molecule is CC(C)(C)c1ccc(CNC(=S)NC(c2ccccc2)c2ccc(NS(C)(=O)=O)cc2)cc1. The van der Waals surface area contributed by atoms with Gasteiger partial charge in [-0.3, -0.25) is 4.72 Å². The molecule has 0 radical (unpaired) electrons. The number of anilines is 1. The number of rotatable bonds is 7. The van der Waals surface area contributed by atoms with Gasteiger partial charge in [-0.1, -0.05) is 87.5 Å². The molecule has 0 saturated heterocycles. The summed E-state index contributed by atoms with van der Waals surface area (Å²) in [6.07, 6.45) is 1.13. The number of thiocarbonyl (C=S) groups is 1. The summed E-state index contributed by atoms with van der Waals surface area (Å²) < 4.78 is 25.5. The molecule has 0 fully saturated rings. The minimum Gasteiger partial charge on any atom is -0.359 e. The third-order valence-electron chi connectivity index (χ3n) is 5.23. The summed E-state index contributed by atoms with van der Waals surface area (Å²) in [7, 11) is -3.32. The molecule has 3 N–H and O–H groups in total. The summed E-state index contributed by atoms with van der Waals surface area (Å²) >= 11 is 5.60. The molecule has 33 heavy (non-hydrogen) atoms. The number of hydrogen-bond donors (Lipinski definition) is 3. The van der Waals surface area contributed by atoms with E-state index in [1.807, 2.05) is 42.5 Å². The highest BCUT2D eigenvalue weighted by Crippen LogP contribution is 2.24. The van der Waals surface area contributed by atoms with Crippen molar-refractivity contribution < 1.29 is 8.42 Å². The maximum atomic E-state index is 11.5. The Morgan fingerprint density at radius 1 is 0.879 bits per heavy atom. The molecule has 3 aromatic rings. The van der Waals surface area contributed by atoms with E-state index in [9.17, 15) is 8.42 Å². The van der Waals surface area contributed by atoms with Gasteiger partial charge in [-0.2, -0.15) is 0 Å². The van der Waals surface area contributed by atoms with Gasteiger partial charge in [0.25, 0.3) is 0 Å². The predicted molar refractivity (Wildman–Crippen MR) is 141 cm³/mol. The third kappa shape index (κ3) is 7.58.